The number of thiazole rings is 1. The Morgan fingerprint density at radius 2 is 1.85 bits per heavy atom. The summed E-state index contributed by atoms with van der Waals surface area (Å²) in [7, 11) is 0. The molecule has 166 valence electrons. The molecule has 0 amide bonds. The summed E-state index contributed by atoms with van der Waals surface area (Å²) in [5.41, 5.74) is 1.05. The molecule has 33 heavy (non-hydrogen) atoms. The Balaban J connectivity index is 1.56. The van der Waals surface area contributed by atoms with Gasteiger partial charge in [-0.1, -0.05) is 23.9 Å². The summed E-state index contributed by atoms with van der Waals surface area (Å²) in [4.78, 5) is 35.3. The van der Waals surface area contributed by atoms with E-state index in [1.165, 1.54) is 62.4 Å². The van der Waals surface area contributed by atoms with Crippen molar-refractivity contribution in [3.63, 3.8) is 0 Å². The van der Waals surface area contributed by atoms with Gasteiger partial charge in [-0.15, -0.1) is 11.3 Å². The molecule has 3 heterocycles. The fourth-order valence-corrected chi connectivity index (χ4v) is 4.96. The van der Waals surface area contributed by atoms with Gasteiger partial charge in [-0.05, 0) is 36.4 Å². The minimum Gasteiger partial charge on any atom is -0.435 e. The molecule has 0 saturated carbocycles. The SMILES string of the molecule is O=c1c2ccccc2nc(SCc2cc(=O)n3ccsc3n2)n1-c1ccc(OC(F)F)cc1. The molecular weight excluding hydrogens is 470 g/mol. The third-order valence-electron chi connectivity index (χ3n) is 4.77. The van der Waals surface area contributed by atoms with Crippen molar-refractivity contribution in [2.75, 3.05) is 0 Å². The lowest BCUT2D eigenvalue weighted by molar-refractivity contribution is -0.0498. The van der Waals surface area contributed by atoms with Gasteiger partial charge >= 0.3 is 6.61 Å². The number of fused-ring (bicyclic) bond motifs is 2. The fourth-order valence-electron chi connectivity index (χ4n) is 3.31. The molecular formula is C22H14F2N4O3S2. The number of benzene rings is 2. The number of rotatable bonds is 6. The van der Waals surface area contributed by atoms with Gasteiger partial charge in [-0.2, -0.15) is 8.78 Å². The summed E-state index contributed by atoms with van der Waals surface area (Å²) in [6.07, 6.45) is 1.66. The van der Waals surface area contributed by atoms with Gasteiger partial charge in [0.05, 0.1) is 22.3 Å². The highest BCUT2D eigenvalue weighted by molar-refractivity contribution is 7.98. The van der Waals surface area contributed by atoms with E-state index in [0.29, 0.717) is 38.2 Å². The van der Waals surface area contributed by atoms with E-state index < -0.39 is 6.61 Å². The number of alkyl halides is 2. The zero-order valence-corrected chi connectivity index (χ0v) is 18.4. The molecule has 0 unspecified atom stereocenters. The summed E-state index contributed by atoms with van der Waals surface area (Å²) in [5, 5.41) is 2.59. The number of halogens is 2. The average molecular weight is 485 g/mol. The van der Waals surface area contributed by atoms with Crippen molar-refractivity contribution in [1.29, 1.82) is 0 Å². The van der Waals surface area contributed by atoms with Crippen molar-refractivity contribution in [1.82, 2.24) is 18.9 Å². The molecule has 0 radical (unpaired) electrons. The number of hydrogen-bond acceptors (Lipinski definition) is 7. The van der Waals surface area contributed by atoms with E-state index in [1.54, 1.807) is 35.8 Å². The smallest absolute Gasteiger partial charge is 0.387 e. The van der Waals surface area contributed by atoms with Gasteiger partial charge in [0.25, 0.3) is 11.1 Å². The lowest BCUT2D eigenvalue weighted by atomic mass is 10.2. The second-order valence-electron chi connectivity index (χ2n) is 6.85. The highest BCUT2D eigenvalue weighted by Crippen LogP contribution is 2.25. The molecule has 2 aromatic carbocycles. The number of thioether (sulfide) groups is 1. The zero-order valence-electron chi connectivity index (χ0n) is 16.7. The van der Waals surface area contributed by atoms with E-state index >= 15 is 0 Å². The van der Waals surface area contributed by atoms with Crippen molar-refractivity contribution >= 4 is 39.0 Å². The van der Waals surface area contributed by atoms with Crippen LogP contribution in [0.3, 0.4) is 0 Å². The number of para-hydroxylation sites is 1. The first kappa shape index (κ1) is 21.3. The van der Waals surface area contributed by atoms with Crippen LogP contribution in [0.2, 0.25) is 0 Å². The zero-order chi connectivity index (χ0) is 22.9. The monoisotopic (exact) mass is 484 g/mol. The van der Waals surface area contributed by atoms with Gasteiger partial charge in [0.2, 0.25) is 0 Å². The summed E-state index contributed by atoms with van der Waals surface area (Å²) in [5.74, 6) is 0.291. The quantitative estimate of drug-likeness (QED) is 0.263. The maximum atomic E-state index is 13.3. The van der Waals surface area contributed by atoms with Crippen LogP contribution in [0, 0.1) is 0 Å². The highest BCUT2D eigenvalue weighted by atomic mass is 32.2. The van der Waals surface area contributed by atoms with Gasteiger partial charge in [-0.25, -0.2) is 9.97 Å². The maximum absolute atomic E-state index is 13.3. The Kier molecular flexibility index (Phi) is 5.65. The predicted molar refractivity (Wildman–Crippen MR) is 123 cm³/mol. The summed E-state index contributed by atoms with van der Waals surface area (Å²) >= 11 is 2.61. The van der Waals surface area contributed by atoms with E-state index in [2.05, 4.69) is 14.7 Å². The maximum Gasteiger partial charge on any atom is 0.387 e. The second-order valence-corrected chi connectivity index (χ2v) is 8.67. The molecule has 0 aliphatic heterocycles. The summed E-state index contributed by atoms with van der Waals surface area (Å²) in [6, 6.07) is 14.2. The number of aromatic nitrogens is 4. The number of nitrogens with zero attached hydrogens (tertiary/aromatic N) is 4. The Morgan fingerprint density at radius 1 is 1.06 bits per heavy atom. The molecule has 3 aromatic heterocycles. The van der Waals surface area contributed by atoms with Crippen LogP contribution in [0.4, 0.5) is 8.78 Å². The van der Waals surface area contributed by atoms with Crippen molar-refractivity contribution in [3.8, 4) is 11.4 Å². The second kappa shape index (κ2) is 8.75. The van der Waals surface area contributed by atoms with Crippen molar-refractivity contribution < 1.29 is 13.5 Å². The van der Waals surface area contributed by atoms with Crippen LogP contribution >= 0.6 is 23.1 Å². The summed E-state index contributed by atoms with van der Waals surface area (Å²) in [6.45, 7) is -2.94. The first-order chi connectivity index (χ1) is 16.0. The van der Waals surface area contributed by atoms with Crippen LogP contribution in [-0.2, 0) is 5.75 Å². The van der Waals surface area contributed by atoms with Gasteiger partial charge < -0.3 is 4.74 Å². The Hall–Kier alpha value is -3.57. The Bertz CT molecular complexity index is 1580. The van der Waals surface area contributed by atoms with E-state index in [4.69, 9.17) is 0 Å². The summed E-state index contributed by atoms with van der Waals surface area (Å²) < 4.78 is 32.3. The molecule has 5 rings (SSSR count). The minimum atomic E-state index is -2.94. The average Bonchev–Trinajstić information content (AvgIpc) is 3.28. The molecule has 0 bridgehead atoms. The number of ether oxygens (including phenoxy) is 1. The molecule has 0 aliphatic carbocycles. The molecule has 0 spiro atoms. The van der Waals surface area contributed by atoms with Crippen LogP contribution in [0.25, 0.3) is 21.6 Å². The van der Waals surface area contributed by atoms with Crippen molar-refractivity contribution in [2.45, 2.75) is 17.5 Å². The first-order valence-corrected chi connectivity index (χ1v) is 11.5. The number of hydrogen-bond donors (Lipinski definition) is 0. The predicted octanol–water partition coefficient (Wildman–Crippen LogP) is 4.35. The van der Waals surface area contributed by atoms with Crippen LogP contribution in [-0.4, -0.2) is 25.5 Å². The van der Waals surface area contributed by atoms with Crippen LogP contribution in [0.1, 0.15) is 5.69 Å². The van der Waals surface area contributed by atoms with Gasteiger partial charge in [-0.3, -0.25) is 18.6 Å². The van der Waals surface area contributed by atoms with Crippen molar-refractivity contribution in [3.05, 3.63) is 92.6 Å². The topological polar surface area (TPSA) is 78.5 Å². The molecule has 5 aromatic rings. The van der Waals surface area contributed by atoms with E-state index in [1.807, 2.05) is 0 Å². The molecule has 7 nitrogen and oxygen atoms in total. The van der Waals surface area contributed by atoms with Crippen LogP contribution in [0.15, 0.2) is 80.9 Å². The third kappa shape index (κ3) is 4.24. The van der Waals surface area contributed by atoms with E-state index in [9.17, 15) is 18.4 Å². The highest BCUT2D eigenvalue weighted by Gasteiger charge is 2.15. The third-order valence-corrected chi connectivity index (χ3v) is 6.50. The first-order valence-electron chi connectivity index (χ1n) is 9.65. The fraction of sp³-hybridized carbons (Fsp3) is 0.0909. The minimum absolute atomic E-state index is 0.0151. The Morgan fingerprint density at radius 3 is 2.64 bits per heavy atom. The van der Waals surface area contributed by atoms with Gasteiger partial charge in [0.15, 0.2) is 10.1 Å². The van der Waals surface area contributed by atoms with Gasteiger partial charge in [0, 0.05) is 23.4 Å². The normalized spacial score (nSPS) is 11.5. The van der Waals surface area contributed by atoms with Crippen LogP contribution < -0.4 is 15.9 Å². The standard InChI is InChI=1S/C22H14F2N4O3S2/c23-20(24)31-15-7-5-14(6-8-15)28-19(30)16-3-1-2-4-17(16)26-22(28)33-12-13-11-18(29)27-9-10-32-21(27)25-13/h1-11,20H,12H2. The van der Waals surface area contributed by atoms with Crippen LogP contribution in [0.5, 0.6) is 5.75 Å². The van der Waals surface area contributed by atoms with E-state index in [0.717, 1.165) is 0 Å². The lowest BCUT2D eigenvalue weighted by Gasteiger charge is -2.14. The molecule has 11 heteroatoms. The Labute approximate surface area is 192 Å². The largest absolute Gasteiger partial charge is 0.435 e. The molecule has 0 aliphatic rings. The molecule has 0 fully saturated rings. The van der Waals surface area contributed by atoms with E-state index in [-0.39, 0.29) is 16.9 Å². The van der Waals surface area contributed by atoms with Crippen molar-refractivity contribution in [2.24, 2.45) is 0 Å². The lowest BCUT2D eigenvalue weighted by Crippen LogP contribution is -2.22. The van der Waals surface area contributed by atoms with Gasteiger partial charge in [0.1, 0.15) is 5.75 Å². The molecule has 0 N–H and O–H groups in total. The molecule has 0 atom stereocenters. The molecule has 0 saturated heterocycles.